The van der Waals surface area contributed by atoms with Gasteiger partial charge in [0.25, 0.3) is 8.38 Å². The second-order valence-corrected chi connectivity index (χ2v) is 32.3. The van der Waals surface area contributed by atoms with Crippen molar-refractivity contribution in [2.75, 3.05) is 12.8 Å². The Hall–Kier alpha value is -5.15. The van der Waals surface area contributed by atoms with Crippen LogP contribution < -0.4 is 18.3 Å². The fourth-order valence-corrected chi connectivity index (χ4v) is 11.9. The van der Waals surface area contributed by atoms with Gasteiger partial charge < -0.3 is 26.7 Å². The smallest absolute Gasteiger partial charge is 0.453 e. The summed E-state index contributed by atoms with van der Waals surface area (Å²) >= 11 is 0. The van der Waals surface area contributed by atoms with Crippen molar-refractivity contribution in [3.63, 3.8) is 0 Å². The summed E-state index contributed by atoms with van der Waals surface area (Å²) in [6.45, 7) is 55.2. The second-order valence-electron chi connectivity index (χ2n) is 29.8. The summed E-state index contributed by atoms with van der Waals surface area (Å²) in [5.41, 5.74) is 10.8. The minimum absolute atomic E-state index is 0.136. The third-order valence-corrected chi connectivity index (χ3v) is 16.9. The third-order valence-electron chi connectivity index (χ3n) is 14.6. The van der Waals surface area contributed by atoms with Crippen LogP contribution in [0.15, 0.2) is 118 Å². The third kappa shape index (κ3) is 14.1. The summed E-state index contributed by atoms with van der Waals surface area (Å²) in [6, 6.07) is 38.7. The SMILES string of the molecule is CC(C)(C)c1cc(-c2cc(C(C)(C)C)cc(C(C)(C)C)c2Op2oc3c(C(C)(C)C)cc(C(C)(C)C)cc3c3cc(C(C)(C)C)cc(C(C)(C)C)c3o2)c(OCCP(Oc2ccccc2)Oc2ccccc2)c(C(C)(C)C)c1. The Morgan fingerprint density at radius 1 is 0.372 bits per heavy atom. The zero-order valence-corrected chi connectivity index (χ0v) is 53.9. The van der Waals surface area contributed by atoms with Gasteiger partial charge in [-0.25, -0.2) is 0 Å². The van der Waals surface area contributed by atoms with Gasteiger partial charge >= 0.3 is 8.24 Å². The molecule has 0 atom stereocenters. The first kappa shape index (κ1) is 60.5. The van der Waals surface area contributed by atoms with Gasteiger partial charge in [-0.2, -0.15) is 0 Å². The fourth-order valence-electron chi connectivity index (χ4n) is 9.54. The van der Waals surface area contributed by atoms with Crippen LogP contribution in [0.2, 0.25) is 0 Å². The van der Waals surface area contributed by atoms with Crippen molar-refractivity contribution < 1.29 is 26.7 Å². The molecule has 420 valence electrons. The van der Waals surface area contributed by atoms with Crippen molar-refractivity contribution in [1.82, 2.24) is 0 Å². The summed E-state index contributed by atoms with van der Waals surface area (Å²) in [6.07, 6.45) is 0.508. The average Bonchev–Trinajstić information content (AvgIpc) is 3.56. The van der Waals surface area contributed by atoms with Crippen molar-refractivity contribution in [1.29, 1.82) is 0 Å². The molecule has 0 unspecified atom stereocenters. The molecule has 7 rings (SSSR count). The summed E-state index contributed by atoms with van der Waals surface area (Å²) in [4.78, 5) is 0. The molecule has 0 spiro atoms. The van der Waals surface area contributed by atoms with Crippen LogP contribution in [0.5, 0.6) is 23.0 Å². The first-order chi connectivity index (χ1) is 35.7. The molecule has 1 heterocycles. The van der Waals surface area contributed by atoms with E-state index in [0.29, 0.717) is 12.8 Å². The van der Waals surface area contributed by atoms with Crippen molar-refractivity contribution in [3.05, 3.63) is 154 Å². The van der Waals surface area contributed by atoms with Crippen LogP contribution in [-0.4, -0.2) is 12.8 Å². The maximum atomic E-state index is 7.80. The van der Waals surface area contributed by atoms with Gasteiger partial charge in [-0.1, -0.05) is 227 Å². The molecule has 0 aliphatic heterocycles. The van der Waals surface area contributed by atoms with E-state index in [1.807, 2.05) is 60.7 Å². The van der Waals surface area contributed by atoms with E-state index in [1.165, 1.54) is 22.3 Å². The van der Waals surface area contributed by atoms with Gasteiger partial charge in [-0.05, 0) is 114 Å². The monoisotopic (exact) mass is 1090 g/mol. The van der Waals surface area contributed by atoms with Gasteiger partial charge in [-0.15, -0.1) is 0 Å². The molecule has 0 bridgehead atoms. The van der Waals surface area contributed by atoms with E-state index in [0.717, 1.165) is 78.3 Å². The van der Waals surface area contributed by atoms with Crippen molar-refractivity contribution in [2.45, 2.75) is 209 Å². The fraction of sp³-hybridized carbons (Fsp3) is 0.486. The lowest BCUT2D eigenvalue weighted by molar-refractivity contribution is 0.327. The highest BCUT2D eigenvalue weighted by molar-refractivity contribution is 7.48. The zero-order valence-electron chi connectivity index (χ0n) is 52.2. The maximum absolute atomic E-state index is 7.80. The standard InChI is InChI=1S/C70H94O6P2/c1-63(2,3)45-37-51(59(55(41-45)67(13,14)15)71-35-36-77(72-49-31-27-25-28-32-49)73-50-33-29-26-30-34-50)52-38-46(64(4,5)6)42-56(68(16,17)18)60(52)74-78-75-61-53(39-47(65(7,8)9)43-57(61)69(19,20)21)54-40-48(66(10,11)12)44-58(62(54)76-78)70(22,23)24/h25-34,37-44H,35-36H2,1-24H3. The molecule has 0 radical (unpaired) electrons. The molecule has 0 fully saturated rings. The number of ether oxygens (including phenoxy) is 1. The molecule has 0 aliphatic carbocycles. The number of rotatable bonds is 11. The second kappa shape index (κ2) is 21.7. The van der Waals surface area contributed by atoms with Gasteiger partial charge in [0, 0.05) is 44.2 Å². The first-order valence-electron chi connectivity index (χ1n) is 28.2. The lowest BCUT2D eigenvalue weighted by Gasteiger charge is -2.32. The minimum Gasteiger partial charge on any atom is -0.492 e. The van der Waals surface area contributed by atoms with E-state index >= 15 is 0 Å². The molecule has 0 aliphatic rings. The van der Waals surface area contributed by atoms with Gasteiger partial charge in [0.1, 0.15) is 34.2 Å². The van der Waals surface area contributed by atoms with Crippen LogP contribution in [0.25, 0.3) is 33.1 Å². The van der Waals surface area contributed by atoms with E-state index in [9.17, 15) is 0 Å². The molecule has 7 aromatic rings. The predicted molar refractivity (Wildman–Crippen MR) is 335 cm³/mol. The Balaban J connectivity index is 1.60. The lowest BCUT2D eigenvalue weighted by atomic mass is 9.75. The van der Waals surface area contributed by atoms with Crippen molar-refractivity contribution in [3.8, 4) is 34.1 Å². The normalized spacial score (nSPS) is 13.3. The van der Waals surface area contributed by atoms with Gasteiger partial charge in [-0.3, -0.25) is 0 Å². The minimum atomic E-state index is -2.17. The van der Waals surface area contributed by atoms with Gasteiger partial charge in [0.2, 0.25) is 0 Å². The molecule has 0 saturated heterocycles. The van der Waals surface area contributed by atoms with E-state index < -0.39 is 16.6 Å². The number of para-hydroxylation sites is 2. The molecule has 6 nitrogen and oxygen atoms in total. The summed E-state index contributed by atoms with van der Waals surface area (Å²) < 4.78 is 43.5. The Kier molecular flexibility index (Phi) is 16.8. The topological polar surface area (TPSA) is 63.2 Å². The van der Waals surface area contributed by atoms with Crippen LogP contribution in [0.3, 0.4) is 0 Å². The highest BCUT2D eigenvalue weighted by Gasteiger charge is 2.35. The molecular weight excluding hydrogens is 999 g/mol. The number of benzene rings is 6. The van der Waals surface area contributed by atoms with Crippen LogP contribution in [-0.2, 0) is 43.3 Å². The number of hydrogen-bond donors (Lipinski definition) is 0. The Morgan fingerprint density at radius 3 is 1.04 bits per heavy atom. The van der Waals surface area contributed by atoms with Crippen molar-refractivity contribution >= 4 is 38.6 Å². The van der Waals surface area contributed by atoms with Crippen LogP contribution in [0.1, 0.15) is 211 Å². The summed E-state index contributed by atoms with van der Waals surface area (Å²) in [5.74, 6) is 3.03. The Morgan fingerprint density at radius 2 is 0.692 bits per heavy atom. The largest absolute Gasteiger partial charge is 0.492 e. The van der Waals surface area contributed by atoms with E-state index in [1.54, 1.807) is 0 Å². The Bertz CT molecular complexity index is 3160. The van der Waals surface area contributed by atoms with Gasteiger partial charge in [0.05, 0.1) is 12.8 Å². The summed E-state index contributed by atoms with van der Waals surface area (Å²) in [5, 5.41) is 2.06. The van der Waals surface area contributed by atoms with Crippen molar-refractivity contribution in [2.24, 2.45) is 0 Å². The summed E-state index contributed by atoms with van der Waals surface area (Å²) in [7, 11) is -3.63. The quantitative estimate of drug-likeness (QED) is 0.120. The average molecular weight is 1090 g/mol. The number of fused-ring (bicyclic) bond motifs is 3. The molecule has 1 aromatic heterocycles. The molecular formula is C70H94O6P2. The Labute approximate surface area is 473 Å². The van der Waals surface area contributed by atoms with E-state index in [4.69, 9.17) is 26.7 Å². The van der Waals surface area contributed by atoms with E-state index in [-0.39, 0.29) is 43.3 Å². The van der Waals surface area contributed by atoms with Gasteiger partial charge in [0.15, 0.2) is 0 Å². The maximum Gasteiger partial charge on any atom is 0.453 e. The predicted octanol–water partition coefficient (Wildman–Crippen LogP) is 22.0. The molecule has 0 saturated carbocycles. The molecule has 8 heteroatoms. The zero-order chi connectivity index (χ0) is 57.9. The van der Waals surface area contributed by atoms with E-state index in [2.05, 4.69) is 215 Å². The van der Waals surface area contributed by atoms with Crippen LogP contribution >= 0.6 is 16.6 Å². The molecule has 0 N–H and O–H groups in total. The highest BCUT2D eigenvalue weighted by Crippen LogP contribution is 2.54. The van der Waals surface area contributed by atoms with Crippen LogP contribution in [0.4, 0.5) is 0 Å². The molecule has 0 amide bonds. The first-order valence-corrected chi connectivity index (χ1v) is 30.6. The molecule has 6 aromatic carbocycles. The number of hydrogen-bond acceptors (Lipinski definition) is 6. The highest BCUT2D eigenvalue weighted by atomic mass is 31.2. The van der Waals surface area contributed by atoms with Crippen LogP contribution in [0, 0.1) is 0 Å². The lowest BCUT2D eigenvalue weighted by Crippen LogP contribution is -2.20. The molecule has 78 heavy (non-hydrogen) atoms.